The van der Waals surface area contributed by atoms with Crippen molar-refractivity contribution in [3.05, 3.63) is 22.4 Å². The lowest BCUT2D eigenvalue weighted by molar-refractivity contribution is -0.192. The van der Waals surface area contributed by atoms with E-state index in [-0.39, 0.29) is 23.9 Å². The number of likely N-dealkylation sites (tertiary alicyclic amines) is 3. The smallest absolute Gasteiger partial charge is 0.475 e. The Morgan fingerprint density at radius 3 is 2.35 bits per heavy atom. The van der Waals surface area contributed by atoms with Crippen molar-refractivity contribution in [1.82, 2.24) is 14.7 Å². The number of nitrogens with zero attached hydrogens (tertiary/aromatic N) is 3. The molecule has 3 saturated heterocycles. The van der Waals surface area contributed by atoms with Crippen LogP contribution in [0.5, 0.6) is 0 Å². The summed E-state index contributed by atoms with van der Waals surface area (Å²) in [6, 6.07) is 4.26. The molecule has 3 aliphatic rings. The van der Waals surface area contributed by atoms with E-state index in [4.69, 9.17) is 9.90 Å². The van der Waals surface area contributed by atoms with E-state index in [0.29, 0.717) is 6.42 Å². The van der Waals surface area contributed by atoms with Gasteiger partial charge in [0, 0.05) is 26.1 Å². The third-order valence-corrected chi connectivity index (χ3v) is 6.83. The van der Waals surface area contributed by atoms with Gasteiger partial charge in [-0.1, -0.05) is 6.07 Å². The number of carboxylic acid groups (broad SMARTS) is 1. The van der Waals surface area contributed by atoms with Gasteiger partial charge in [0.2, 0.25) is 5.91 Å². The van der Waals surface area contributed by atoms with E-state index in [2.05, 4.69) is 9.80 Å². The average Bonchev–Trinajstić information content (AvgIpc) is 3.47. The Balaban J connectivity index is 0.000000339. The fourth-order valence-corrected chi connectivity index (χ4v) is 5.17. The predicted molar refractivity (Wildman–Crippen MR) is 108 cm³/mol. The number of fused-ring (bicyclic) bond motifs is 1. The number of piperidine rings is 1. The fourth-order valence-electron chi connectivity index (χ4n) is 4.49. The first-order valence-electron chi connectivity index (χ1n) is 10.3. The number of thiophene rings is 1. The van der Waals surface area contributed by atoms with Gasteiger partial charge >= 0.3 is 12.1 Å². The second-order valence-corrected chi connectivity index (χ2v) is 8.82. The molecule has 2 atom stereocenters. The minimum absolute atomic E-state index is 0.145. The maximum Gasteiger partial charge on any atom is 0.490 e. The first kappa shape index (κ1) is 23.5. The number of amides is 2. The van der Waals surface area contributed by atoms with E-state index in [1.165, 1.54) is 37.3 Å². The van der Waals surface area contributed by atoms with Gasteiger partial charge in [0.25, 0.3) is 5.91 Å². The number of carboxylic acids is 1. The zero-order valence-corrected chi connectivity index (χ0v) is 17.8. The molecule has 4 heterocycles. The van der Waals surface area contributed by atoms with Crippen LogP contribution < -0.4 is 0 Å². The van der Waals surface area contributed by atoms with Crippen LogP contribution in [0.1, 0.15) is 41.8 Å². The van der Waals surface area contributed by atoms with E-state index < -0.39 is 12.1 Å². The molecule has 7 nitrogen and oxygen atoms in total. The van der Waals surface area contributed by atoms with E-state index in [0.717, 1.165) is 37.4 Å². The molecule has 3 aliphatic heterocycles. The maximum absolute atomic E-state index is 12.7. The standard InChI is InChI=1S/C18H25N3O2S.C2HF3O2/c22-17-6-5-14-15(20(17)12-11-19-8-1-2-9-19)7-10-21(14)18(23)16-4-3-13-24-16;3-2(4,5)1(6)7/h3-4,13-15H,1-2,5-12H2;(H,6,7)/t14-,15-;/m0./s1. The molecule has 31 heavy (non-hydrogen) atoms. The third-order valence-electron chi connectivity index (χ3n) is 5.98. The third kappa shape index (κ3) is 5.76. The second kappa shape index (κ2) is 9.99. The molecule has 0 unspecified atom stereocenters. The Kier molecular flexibility index (Phi) is 7.58. The first-order valence-corrected chi connectivity index (χ1v) is 11.2. The number of hydrogen-bond acceptors (Lipinski definition) is 5. The Bertz CT molecular complexity index is 781. The van der Waals surface area contributed by atoms with Gasteiger partial charge in [0.05, 0.1) is 17.0 Å². The lowest BCUT2D eigenvalue weighted by Crippen LogP contribution is -2.54. The molecule has 1 aromatic rings. The van der Waals surface area contributed by atoms with E-state index in [9.17, 15) is 22.8 Å². The molecule has 0 aromatic carbocycles. The van der Waals surface area contributed by atoms with Crippen LogP contribution in [0.4, 0.5) is 13.2 Å². The summed E-state index contributed by atoms with van der Waals surface area (Å²) in [7, 11) is 0. The molecule has 0 aliphatic carbocycles. The van der Waals surface area contributed by atoms with E-state index in [1.54, 1.807) is 0 Å². The Morgan fingerprint density at radius 1 is 1.10 bits per heavy atom. The Morgan fingerprint density at radius 2 is 1.77 bits per heavy atom. The zero-order valence-electron chi connectivity index (χ0n) is 17.0. The predicted octanol–water partition coefficient (Wildman–Crippen LogP) is 2.68. The van der Waals surface area contributed by atoms with Gasteiger partial charge in [-0.3, -0.25) is 9.59 Å². The minimum atomic E-state index is -5.08. The van der Waals surface area contributed by atoms with E-state index >= 15 is 0 Å². The highest BCUT2D eigenvalue weighted by atomic mass is 32.1. The summed E-state index contributed by atoms with van der Waals surface area (Å²) in [5.74, 6) is -2.33. The molecule has 0 bridgehead atoms. The molecular weight excluding hydrogens is 435 g/mol. The van der Waals surface area contributed by atoms with Crippen molar-refractivity contribution in [2.24, 2.45) is 0 Å². The molecule has 172 valence electrons. The normalized spacial score (nSPS) is 24.0. The topological polar surface area (TPSA) is 81.2 Å². The van der Waals surface area contributed by atoms with Crippen LogP contribution in [-0.4, -0.2) is 88.6 Å². The summed E-state index contributed by atoms with van der Waals surface area (Å²) in [6.07, 6.45) is -0.198. The van der Waals surface area contributed by atoms with Gasteiger partial charge in [-0.2, -0.15) is 13.2 Å². The molecule has 1 N–H and O–H groups in total. The molecule has 11 heteroatoms. The summed E-state index contributed by atoms with van der Waals surface area (Å²) >= 11 is 1.51. The number of hydrogen-bond donors (Lipinski definition) is 1. The van der Waals surface area contributed by atoms with Gasteiger partial charge in [-0.05, 0) is 50.2 Å². The molecule has 0 saturated carbocycles. The van der Waals surface area contributed by atoms with Crippen LogP contribution in [0.3, 0.4) is 0 Å². The van der Waals surface area contributed by atoms with Crippen LogP contribution >= 0.6 is 11.3 Å². The molecule has 3 fully saturated rings. The second-order valence-electron chi connectivity index (χ2n) is 7.88. The lowest BCUT2D eigenvalue weighted by Gasteiger charge is -2.40. The van der Waals surface area contributed by atoms with Crippen molar-refractivity contribution >= 4 is 29.1 Å². The Labute approximate surface area is 182 Å². The van der Waals surface area contributed by atoms with Crippen LogP contribution in [0.25, 0.3) is 0 Å². The zero-order chi connectivity index (χ0) is 22.6. The number of alkyl halides is 3. The number of carbonyl (C=O) groups is 3. The number of carbonyl (C=O) groups excluding carboxylic acids is 2. The minimum Gasteiger partial charge on any atom is -0.475 e. The van der Waals surface area contributed by atoms with Crippen molar-refractivity contribution in [2.75, 3.05) is 32.7 Å². The molecule has 0 spiro atoms. The largest absolute Gasteiger partial charge is 0.490 e. The lowest BCUT2D eigenvalue weighted by atomic mass is 9.96. The van der Waals surface area contributed by atoms with Crippen LogP contribution in [0.2, 0.25) is 0 Å². The van der Waals surface area contributed by atoms with Gasteiger partial charge < -0.3 is 19.8 Å². The van der Waals surface area contributed by atoms with Gasteiger partial charge in [-0.25, -0.2) is 4.79 Å². The monoisotopic (exact) mass is 461 g/mol. The maximum atomic E-state index is 12.7. The van der Waals surface area contributed by atoms with Crippen molar-refractivity contribution in [3.8, 4) is 0 Å². The number of aliphatic carboxylic acids is 1. The summed E-state index contributed by atoms with van der Waals surface area (Å²) in [4.78, 5) is 41.5. The first-order chi connectivity index (χ1) is 14.7. The summed E-state index contributed by atoms with van der Waals surface area (Å²) < 4.78 is 31.7. The average molecular weight is 462 g/mol. The van der Waals surface area contributed by atoms with Crippen LogP contribution in [0.15, 0.2) is 17.5 Å². The van der Waals surface area contributed by atoms with Gasteiger partial charge in [0.15, 0.2) is 0 Å². The van der Waals surface area contributed by atoms with Gasteiger partial charge in [0.1, 0.15) is 0 Å². The van der Waals surface area contributed by atoms with Crippen molar-refractivity contribution in [1.29, 1.82) is 0 Å². The highest BCUT2D eigenvalue weighted by Gasteiger charge is 2.45. The summed E-state index contributed by atoms with van der Waals surface area (Å²) in [5.41, 5.74) is 0. The number of rotatable bonds is 4. The molecule has 1 aromatic heterocycles. The van der Waals surface area contributed by atoms with Crippen molar-refractivity contribution < 1.29 is 32.7 Å². The van der Waals surface area contributed by atoms with Crippen molar-refractivity contribution in [2.45, 2.75) is 50.4 Å². The fraction of sp³-hybridized carbons (Fsp3) is 0.650. The van der Waals surface area contributed by atoms with E-state index in [1.807, 2.05) is 22.4 Å². The molecule has 4 rings (SSSR count). The molecule has 0 radical (unpaired) electrons. The Hall–Kier alpha value is -2.14. The molecule has 2 amide bonds. The summed E-state index contributed by atoms with van der Waals surface area (Å²) in [6.45, 7) is 4.91. The van der Waals surface area contributed by atoms with Crippen molar-refractivity contribution in [3.63, 3.8) is 0 Å². The summed E-state index contributed by atoms with van der Waals surface area (Å²) in [5, 5.41) is 9.08. The van der Waals surface area contributed by atoms with Gasteiger partial charge in [-0.15, -0.1) is 11.3 Å². The number of halogens is 3. The SMILES string of the molecule is O=C(O)C(F)(F)F.O=C1CC[C@H]2[C@H](CCN2C(=O)c2cccs2)N1CCN1CCCC1. The highest BCUT2D eigenvalue weighted by Crippen LogP contribution is 2.33. The van der Waals surface area contributed by atoms with Crippen LogP contribution in [-0.2, 0) is 9.59 Å². The highest BCUT2D eigenvalue weighted by molar-refractivity contribution is 7.12. The quantitative estimate of drug-likeness (QED) is 0.746. The van der Waals surface area contributed by atoms with Crippen LogP contribution in [0, 0.1) is 0 Å². The molecular formula is C20H26F3N3O4S.